The minimum absolute atomic E-state index is 0.0212. The predicted molar refractivity (Wildman–Crippen MR) is 126 cm³/mol. The smallest absolute Gasteiger partial charge is 0.244 e. The maximum Gasteiger partial charge on any atom is 0.244 e. The molecule has 2 aromatic rings. The fourth-order valence-corrected chi connectivity index (χ4v) is 4.49. The highest BCUT2D eigenvalue weighted by atomic mass is 79.9. The number of para-hydroxylation sites is 1. The molecular weight excluding hydrogens is 501 g/mol. The minimum atomic E-state index is -3.80. The van der Waals surface area contributed by atoms with E-state index in [9.17, 15) is 22.4 Å². The third kappa shape index (κ3) is 7.03. The van der Waals surface area contributed by atoms with Crippen molar-refractivity contribution in [2.75, 3.05) is 23.7 Å². The number of anilines is 1. The van der Waals surface area contributed by atoms with Gasteiger partial charge in [-0.05, 0) is 59.1 Å². The topological polar surface area (TPSA) is 86.8 Å². The van der Waals surface area contributed by atoms with Crippen molar-refractivity contribution in [2.24, 2.45) is 0 Å². The molecule has 0 aliphatic carbocycles. The van der Waals surface area contributed by atoms with E-state index >= 15 is 0 Å². The summed E-state index contributed by atoms with van der Waals surface area (Å²) in [6.45, 7) is 3.47. The summed E-state index contributed by atoms with van der Waals surface area (Å²) in [4.78, 5) is 27.2. The molecule has 10 heteroatoms. The highest BCUT2D eigenvalue weighted by Gasteiger charge is 2.30. The van der Waals surface area contributed by atoms with Crippen LogP contribution in [-0.2, 0) is 26.2 Å². The molecule has 7 nitrogen and oxygen atoms in total. The Kier molecular flexibility index (Phi) is 9.21. The van der Waals surface area contributed by atoms with Crippen LogP contribution in [0.5, 0.6) is 0 Å². The van der Waals surface area contributed by atoms with E-state index in [1.54, 1.807) is 31.2 Å². The van der Waals surface area contributed by atoms with Crippen molar-refractivity contribution < 1.29 is 22.4 Å². The van der Waals surface area contributed by atoms with Crippen molar-refractivity contribution in [3.8, 4) is 0 Å². The number of nitrogens with zero attached hydrogens (tertiary/aromatic N) is 2. The van der Waals surface area contributed by atoms with Gasteiger partial charge >= 0.3 is 0 Å². The summed E-state index contributed by atoms with van der Waals surface area (Å²) in [7, 11) is -3.80. The highest BCUT2D eigenvalue weighted by molar-refractivity contribution is 9.10. The fourth-order valence-electron chi connectivity index (χ4n) is 3.01. The standard InChI is InChI=1S/C22H27BrFN3O4S/c1-4-13-25-22(29)16(2)26(14-17-9-11-18(24)12-10-17)21(28)15-27(32(3,30)31)20-8-6-5-7-19(20)23/h5-12,16H,4,13-15H2,1-3H3,(H,25,29)/t16-/m0/s1. The van der Waals surface area contributed by atoms with Gasteiger partial charge in [0, 0.05) is 17.6 Å². The molecule has 32 heavy (non-hydrogen) atoms. The molecule has 0 spiro atoms. The van der Waals surface area contributed by atoms with Crippen molar-refractivity contribution in [3.63, 3.8) is 0 Å². The molecule has 0 saturated carbocycles. The Bertz CT molecular complexity index is 1050. The van der Waals surface area contributed by atoms with Crippen LogP contribution >= 0.6 is 15.9 Å². The first-order valence-corrected chi connectivity index (χ1v) is 12.7. The molecule has 0 saturated heterocycles. The van der Waals surface area contributed by atoms with E-state index in [0.717, 1.165) is 17.0 Å². The number of carbonyl (C=O) groups is 2. The van der Waals surface area contributed by atoms with Crippen molar-refractivity contribution in [3.05, 3.63) is 64.4 Å². The molecule has 0 fully saturated rings. The van der Waals surface area contributed by atoms with Crippen molar-refractivity contribution >= 4 is 43.5 Å². The van der Waals surface area contributed by atoms with Gasteiger partial charge in [-0.3, -0.25) is 13.9 Å². The highest BCUT2D eigenvalue weighted by Crippen LogP contribution is 2.28. The van der Waals surface area contributed by atoms with Crippen molar-refractivity contribution in [1.82, 2.24) is 10.2 Å². The molecule has 0 aliphatic rings. The lowest BCUT2D eigenvalue weighted by atomic mass is 10.1. The Morgan fingerprint density at radius 1 is 1.12 bits per heavy atom. The molecular formula is C22H27BrFN3O4S. The third-order valence-corrected chi connectivity index (χ3v) is 6.58. The largest absolute Gasteiger partial charge is 0.354 e. The molecule has 174 valence electrons. The van der Waals surface area contributed by atoms with Crippen LogP contribution in [0, 0.1) is 5.82 Å². The van der Waals surface area contributed by atoms with Gasteiger partial charge < -0.3 is 10.2 Å². The number of carbonyl (C=O) groups excluding carboxylic acids is 2. The number of sulfonamides is 1. The van der Waals surface area contributed by atoms with Crippen LogP contribution in [0.4, 0.5) is 10.1 Å². The van der Waals surface area contributed by atoms with Crippen LogP contribution < -0.4 is 9.62 Å². The number of benzene rings is 2. The summed E-state index contributed by atoms with van der Waals surface area (Å²) in [5, 5.41) is 2.75. The number of nitrogens with one attached hydrogen (secondary N) is 1. The Morgan fingerprint density at radius 2 is 1.75 bits per heavy atom. The van der Waals surface area contributed by atoms with Gasteiger partial charge in [0.05, 0.1) is 11.9 Å². The lowest BCUT2D eigenvalue weighted by molar-refractivity contribution is -0.139. The van der Waals surface area contributed by atoms with E-state index in [2.05, 4.69) is 21.2 Å². The first kappa shape index (κ1) is 25.8. The summed E-state index contributed by atoms with van der Waals surface area (Å²) in [5.41, 5.74) is 0.926. The minimum Gasteiger partial charge on any atom is -0.354 e. The van der Waals surface area contributed by atoms with Crippen LogP contribution in [0.25, 0.3) is 0 Å². The van der Waals surface area contributed by atoms with Crippen molar-refractivity contribution in [1.29, 1.82) is 0 Å². The van der Waals surface area contributed by atoms with Gasteiger partial charge in [0.15, 0.2) is 0 Å². The zero-order valence-electron chi connectivity index (χ0n) is 18.2. The SMILES string of the molecule is CCCNC(=O)[C@H](C)N(Cc1ccc(F)cc1)C(=O)CN(c1ccccc1Br)S(C)(=O)=O. The first-order chi connectivity index (χ1) is 15.0. The Hall–Kier alpha value is -2.46. The zero-order chi connectivity index (χ0) is 23.9. The summed E-state index contributed by atoms with van der Waals surface area (Å²) >= 11 is 3.33. The monoisotopic (exact) mass is 527 g/mol. The number of hydrogen-bond donors (Lipinski definition) is 1. The first-order valence-electron chi connectivity index (χ1n) is 10.1. The molecule has 0 radical (unpaired) electrons. The van der Waals surface area contributed by atoms with Gasteiger partial charge in [-0.15, -0.1) is 0 Å². The summed E-state index contributed by atoms with van der Waals surface area (Å²) < 4.78 is 39.8. The van der Waals surface area contributed by atoms with Gasteiger partial charge in [-0.25, -0.2) is 12.8 Å². The number of hydrogen-bond acceptors (Lipinski definition) is 4. The molecule has 0 heterocycles. The lowest BCUT2D eigenvalue weighted by Crippen LogP contribution is -2.51. The Balaban J connectivity index is 2.37. The molecule has 0 aliphatic heterocycles. The van der Waals surface area contributed by atoms with E-state index < -0.39 is 34.3 Å². The van der Waals surface area contributed by atoms with Crippen LogP contribution in [0.2, 0.25) is 0 Å². The second kappa shape index (κ2) is 11.4. The van der Waals surface area contributed by atoms with Gasteiger partial charge in [0.2, 0.25) is 21.8 Å². The van der Waals surface area contributed by atoms with E-state index in [1.165, 1.54) is 29.2 Å². The zero-order valence-corrected chi connectivity index (χ0v) is 20.6. The van der Waals surface area contributed by atoms with Crippen LogP contribution in [-0.4, -0.2) is 50.5 Å². The molecule has 0 unspecified atom stereocenters. The Labute approximate surface area is 196 Å². The maximum absolute atomic E-state index is 13.3. The molecule has 0 aromatic heterocycles. The third-order valence-electron chi connectivity index (χ3n) is 4.78. The molecule has 2 amide bonds. The average Bonchev–Trinajstić information content (AvgIpc) is 2.74. The van der Waals surface area contributed by atoms with Gasteiger partial charge in [0.25, 0.3) is 0 Å². The molecule has 0 bridgehead atoms. The molecule has 2 aromatic carbocycles. The number of rotatable bonds is 10. The van der Waals surface area contributed by atoms with Crippen LogP contribution in [0.15, 0.2) is 53.0 Å². The van der Waals surface area contributed by atoms with Gasteiger partial charge in [-0.2, -0.15) is 0 Å². The van der Waals surface area contributed by atoms with E-state index in [1.807, 2.05) is 6.92 Å². The summed E-state index contributed by atoms with van der Waals surface area (Å²) in [5.74, 6) is -1.33. The van der Waals surface area contributed by atoms with Crippen molar-refractivity contribution in [2.45, 2.75) is 32.9 Å². The van der Waals surface area contributed by atoms with Crippen LogP contribution in [0.1, 0.15) is 25.8 Å². The maximum atomic E-state index is 13.3. The number of halogens is 2. The second-order valence-electron chi connectivity index (χ2n) is 7.34. The van der Waals surface area contributed by atoms with Gasteiger partial charge in [0.1, 0.15) is 18.4 Å². The summed E-state index contributed by atoms with van der Waals surface area (Å²) in [6.07, 6.45) is 1.75. The van der Waals surface area contributed by atoms with Gasteiger partial charge in [-0.1, -0.05) is 31.2 Å². The number of amides is 2. The quantitative estimate of drug-likeness (QED) is 0.513. The molecule has 1 atom stereocenters. The van der Waals surface area contributed by atoms with E-state index in [0.29, 0.717) is 22.3 Å². The van der Waals surface area contributed by atoms with Crippen LogP contribution in [0.3, 0.4) is 0 Å². The average molecular weight is 528 g/mol. The lowest BCUT2D eigenvalue weighted by Gasteiger charge is -2.31. The molecule has 1 N–H and O–H groups in total. The predicted octanol–water partition coefficient (Wildman–Crippen LogP) is 3.30. The van der Waals surface area contributed by atoms with E-state index in [4.69, 9.17) is 0 Å². The molecule has 2 rings (SSSR count). The second-order valence-corrected chi connectivity index (χ2v) is 10.1. The normalized spacial score (nSPS) is 12.2. The Morgan fingerprint density at radius 3 is 2.31 bits per heavy atom. The fraction of sp³-hybridized carbons (Fsp3) is 0.364. The van der Waals surface area contributed by atoms with E-state index in [-0.39, 0.29) is 12.5 Å². The summed E-state index contributed by atoms with van der Waals surface area (Å²) in [6, 6.07) is 11.4.